The third kappa shape index (κ3) is 5.02. The van der Waals surface area contributed by atoms with Gasteiger partial charge in [-0.25, -0.2) is 22.9 Å². The zero-order chi connectivity index (χ0) is 23.0. The summed E-state index contributed by atoms with van der Waals surface area (Å²) < 4.78 is 44.4. The minimum Gasteiger partial charge on any atom is -0.475 e. The Bertz CT molecular complexity index is 1210. The highest BCUT2D eigenvalue weighted by Gasteiger charge is 2.25. The molecule has 10 heteroatoms. The predicted molar refractivity (Wildman–Crippen MR) is 117 cm³/mol. The number of halogens is 1. The molecule has 3 aromatic rings. The van der Waals surface area contributed by atoms with Crippen molar-refractivity contribution in [2.75, 3.05) is 12.3 Å². The summed E-state index contributed by atoms with van der Waals surface area (Å²) in [6.45, 7) is 7.71. The van der Waals surface area contributed by atoms with Crippen LogP contribution in [0.4, 0.5) is 10.1 Å². The largest absolute Gasteiger partial charge is 0.475 e. The van der Waals surface area contributed by atoms with Crippen molar-refractivity contribution in [3.63, 3.8) is 0 Å². The number of sulfonamides is 1. The number of ether oxygens (including phenoxy) is 1. The molecule has 0 atom stereocenters. The molecule has 0 saturated carbocycles. The predicted octanol–water partition coefficient (Wildman–Crippen LogP) is 3.25. The molecule has 0 radical (unpaired) electrons. The number of hydrogen-bond donors (Lipinski definition) is 2. The molecule has 0 amide bonds. The fraction of sp³-hybridized carbons (Fsp3) is 0.333. The summed E-state index contributed by atoms with van der Waals surface area (Å²) in [4.78, 5) is 4.21. The number of nitrogens with zero attached hydrogens (tertiary/aromatic N) is 3. The van der Waals surface area contributed by atoms with E-state index in [0.717, 1.165) is 5.56 Å². The summed E-state index contributed by atoms with van der Waals surface area (Å²) in [6, 6.07) is 7.59. The molecule has 2 aromatic heterocycles. The van der Waals surface area contributed by atoms with Crippen LogP contribution in [0.5, 0.6) is 5.88 Å². The van der Waals surface area contributed by atoms with Crippen molar-refractivity contribution in [2.45, 2.75) is 44.2 Å². The summed E-state index contributed by atoms with van der Waals surface area (Å²) in [5, 5.41) is 8.92. The van der Waals surface area contributed by atoms with Gasteiger partial charge in [-0.2, -0.15) is 5.10 Å². The first-order valence-electron chi connectivity index (χ1n) is 9.65. The maximum atomic E-state index is 14.2. The van der Waals surface area contributed by atoms with Crippen LogP contribution in [-0.2, 0) is 15.6 Å². The molecule has 0 spiro atoms. The highest BCUT2D eigenvalue weighted by Crippen LogP contribution is 2.34. The fourth-order valence-corrected chi connectivity index (χ4v) is 3.58. The Morgan fingerprint density at radius 1 is 1.23 bits per heavy atom. The van der Waals surface area contributed by atoms with Gasteiger partial charge in [0, 0.05) is 29.7 Å². The summed E-state index contributed by atoms with van der Waals surface area (Å²) in [7, 11) is -3.89. The minimum atomic E-state index is -3.89. The van der Waals surface area contributed by atoms with E-state index in [1.54, 1.807) is 18.3 Å². The van der Waals surface area contributed by atoms with E-state index in [1.165, 1.54) is 29.1 Å². The van der Waals surface area contributed by atoms with Gasteiger partial charge in [-0.05, 0) is 55.2 Å². The molecule has 1 aromatic carbocycles. The Labute approximate surface area is 181 Å². The summed E-state index contributed by atoms with van der Waals surface area (Å²) in [5.74, 6) is 0.0286. The number of nitrogen functional groups attached to an aromatic ring is 1. The van der Waals surface area contributed by atoms with Crippen LogP contribution in [0, 0.1) is 5.82 Å². The van der Waals surface area contributed by atoms with Crippen LogP contribution in [0.25, 0.3) is 11.1 Å². The summed E-state index contributed by atoms with van der Waals surface area (Å²) in [6.07, 6.45) is 3.08. The second-order valence-electron chi connectivity index (χ2n) is 8.24. The van der Waals surface area contributed by atoms with E-state index >= 15 is 0 Å². The van der Waals surface area contributed by atoms with E-state index in [1.807, 2.05) is 27.7 Å². The molecule has 2 heterocycles. The lowest BCUT2D eigenvalue weighted by molar-refractivity contribution is 0.164. The number of nitrogens with two attached hydrogens (primary N) is 2. The third-order valence-corrected chi connectivity index (χ3v) is 5.69. The van der Waals surface area contributed by atoms with Crippen molar-refractivity contribution < 1.29 is 17.5 Å². The van der Waals surface area contributed by atoms with Crippen LogP contribution in [0.3, 0.4) is 0 Å². The lowest BCUT2D eigenvalue weighted by Crippen LogP contribution is -2.34. The minimum absolute atomic E-state index is 0.0732. The number of rotatable bonds is 7. The molecule has 0 aliphatic heterocycles. The van der Waals surface area contributed by atoms with Gasteiger partial charge in [0.1, 0.15) is 12.4 Å². The van der Waals surface area contributed by atoms with Gasteiger partial charge in [-0.15, -0.1) is 0 Å². The molecule has 0 aliphatic rings. The monoisotopic (exact) mass is 447 g/mol. The second kappa shape index (κ2) is 8.27. The lowest BCUT2D eigenvalue weighted by atomic mass is 9.95. The Morgan fingerprint density at radius 2 is 1.94 bits per heavy atom. The third-order valence-electron chi connectivity index (χ3n) is 4.89. The Morgan fingerprint density at radius 3 is 2.55 bits per heavy atom. The van der Waals surface area contributed by atoms with Gasteiger partial charge in [0.05, 0.1) is 5.54 Å². The molecule has 0 aliphatic carbocycles. The molecule has 31 heavy (non-hydrogen) atoms. The first-order valence-corrected chi connectivity index (χ1v) is 11.2. The van der Waals surface area contributed by atoms with Crippen LogP contribution < -0.4 is 15.6 Å². The molecular formula is C21H26FN5O3S. The zero-order valence-corrected chi connectivity index (χ0v) is 18.6. The van der Waals surface area contributed by atoms with Crippen LogP contribution in [0.1, 0.15) is 39.2 Å². The number of pyridine rings is 1. The molecule has 0 unspecified atom stereocenters. The van der Waals surface area contributed by atoms with Gasteiger partial charge in [0.15, 0.2) is 5.03 Å². The van der Waals surface area contributed by atoms with Crippen molar-refractivity contribution in [2.24, 2.45) is 5.14 Å². The fourth-order valence-electron chi connectivity index (χ4n) is 3.12. The van der Waals surface area contributed by atoms with E-state index < -0.39 is 15.6 Å². The van der Waals surface area contributed by atoms with Crippen molar-refractivity contribution in [1.29, 1.82) is 0 Å². The van der Waals surface area contributed by atoms with Crippen LogP contribution >= 0.6 is 0 Å². The van der Waals surface area contributed by atoms with Gasteiger partial charge >= 0.3 is 0 Å². The van der Waals surface area contributed by atoms with E-state index in [4.69, 9.17) is 15.6 Å². The summed E-state index contributed by atoms with van der Waals surface area (Å²) >= 11 is 0. The van der Waals surface area contributed by atoms with Crippen LogP contribution in [0.15, 0.2) is 47.8 Å². The zero-order valence-electron chi connectivity index (χ0n) is 17.8. The number of anilines is 1. The summed E-state index contributed by atoms with van der Waals surface area (Å²) in [5.41, 5.74) is 8.10. The molecule has 0 fully saturated rings. The second-order valence-corrected chi connectivity index (χ2v) is 9.75. The standard InChI is InChI=1S/C21H26FN5O3S/c1-13(2)16-10-15(22)11-17(20(16)23)14-5-7-25-18(9-14)30-12-21(3,4)27-8-6-19(26-27)31(24,28)29/h5-11,13H,12,23H2,1-4H3,(H2,24,28,29). The van der Waals surface area contributed by atoms with E-state index in [2.05, 4.69) is 10.1 Å². The maximum absolute atomic E-state index is 14.2. The average Bonchev–Trinajstić information content (AvgIpc) is 3.20. The van der Waals surface area contributed by atoms with Crippen LogP contribution in [0.2, 0.25) is 0 Å². The number of hydrogen-bond acceptors (Lipinski definition) is 6. The van der Waals surface area contributed by atoms with E-state index in [9.17, 15) is 12.8 Å². The number of aromatic nitrogens is 3. The van der Waals surface area contributed by atoms with Crippen LogP contribution in [-0.4, -0.2) is 29.8 Å². The van der Waals surface area contributed by atoms with Gasteiger partial charge in [-0.1, -0.05) is 13.8 Å². The van der Waals surface area contributed by atoms with Gasteiger partial charge in [-0.3, -0.25) is 4.68 Å². The molecule has 0 saturated heterocycles. The Balaban J connectivity index is 1.84. The highest BCUT2D eigenvalue weighted by molar-refractivity contribution is 7.89. The quantitative estimate of drug-likeness (QED) is 0.536. The molecule has 0 bridgehead atoms. The highest BCUT2D eigenvalue weighted by atomic mass is 32.2. The maximum Gasteiger partial charge on any atom is 0.257 e. The lowest BCUT2D eigenvalue weighted by Gasteiger charge is -2.25. The molecule has 3 rings (SSSR count). The van der Waals surface area contributed by atoms with Crippen molar-refractivity contribution in [3.05, 3.63) is 54.1 Å². The van der Waals surface area contributed by atoms with Gasteiger partial charge < -0.3 is 10.5 Å². The normalized spacial score (nSPS) is 12.4. The first kappa shape index (κ1) is 22.7. The number of primary sulfonamides is 1. The van der Waals surface area contributed by atoms with Gasteiger partial charge in [0.25, 0.3) is 10.0 Å². The first-order chi connectivity index (χ1) is 14.4. The van der Waals surface area contributed by atoms with Crippen molar-refractivity contribution in [1.82, 2.24) is 14.8 Å². The molecular weight excluding hydrogens is 421 g/mol. The average molecular weight is 448 g/mol. The topological polar surface area (TPSA) is 126 Å². The molecule has 166 valence electrons. The van der Waals surface area contributed by atoms with Gasteiger partial charge in [0.2, 0.25) is 5.88 Å². The number of benzene rings is 1. The van der Waals surface area contributed by atoms with Crippen molar-refractivity contribution in [3.8, 4) is 17.0 Å². The Kier molecular flexibility index (Phi) is 6.06. The van der Waals surface area contributed by atoms with E-state index in [-0.39, 0.29) is 23.4 Å². The van der Waals surface area contributed by atoms with E-state index in [0.29, 0.717) is 22.7 Å². The molecule has 4 N–H and O–H groups in total. The Hall–Kier alpha value is -2.98. The SMILES string of the molecule is CC(C)c1cc(F)cc(-c2ccnc(OCC(C)(C)n3ccc(S(N)(=O)=O)n3)c2)c1N. The van der Waals surface area contributed by atoms with Crippen molar-refractivity contribution >= 4 is 15.7 Å². The smallest absolute Gasteiger partial charge is 0.257 e. The molecule has 8 nitrogen and oxygen atoms in total.